The van der Waals surface area contributed by atoms with E-state index in [0.717, 1.165) is 0 Å². The fourth-order valence-corrected chi connectivity index (χ4v) is 0.510. The normalized spacial score (nSPS) is 31.3. The Morgan fingerprint density at radius 1 is 1.86 bits per heavy atom. The van der Waals surface area contributed by atoms with Gasteiger partial charge in [-0.05, 0) is 0 Å². The molecule has 1 atom stereocenters. The van der Waals surface area contributed by atoms with Crippen molar-refractivity contribution in [3.8, 4) is 0 Å². The highest BCUT2D eigenvalue weighted by Gasteiger charge is 2.18. The minimum Gasteiger partial charge on any atom is -0.406 e. The van der Waals surface area contributed by atoms with E-state index >= 15 is 0 Å². The van der Waals surface area contributed by atoms with Crippen molar-refractivity contribution in [1.82, 2.24) is 0 Å². The molecule has 0 aromatic heterocycles. The second-order valence-electron chi connectivity index (χ2n) is 1.52. The second-order valence-corrected chi connectivity index (χ2v) is 1.52. The first-order valence-electron chi connectivity index (χ1n) is 2.28. The Morgan fingerprint density at radius 3 is 3.00 bits per heavy atom. The van der Waals surface area contributed by atoms with Gasteiger partial charge in [0.15, 0.2) is 0 Å². The van der Waals surface area contributed by atoms with Gasteiger partial charge < -0.3 is 14.6 Å². The molecule has 0 radical (unpaired) electrons. The van der Waals surface area contributed by atoms with Gasteiger partial charge in [-0.15, -0.1) is 0 Å². The fraction of sp³-hybridized carbons (Fsp3) is 1.00. The third kappa shape index (κ3) is 1.12. The molecule has 0 spiro atoms. The molecular formula is C4H9O3+. The summed E-state index contributed by atoms with van der Waals surface area (Å²) in [6, 6.07) is 0. The molecule has 0 amide bonds. The largest absolute Gasteiger partial charge is 0.406 e. The summed E-state index contributed by atoms with van der Waals surface area (Å²) >= 11 is 0. The molecule has 0 aliphatic carbocycles. The first-order valence-corrected chi connectivity index (χ1v) is 2.28. The van der Waals surface area contributed by atoms with Crippen molar-refractivity contribution >= 4 is 0 Å². The van der Waals surface area contributed by atoms with Crippen molar-refractivity contribution < 1.29 is 14.6 Å². The Bertz CT molecular complexity index is 48.9. The SMILES string of the molecule is OCC1COC[OH+]1. The smallest absolute Gasteiger partial charge is 0.255 e. The van der Waals surface area contributed by atoms with Gasteiger partial charge in [-0.25, -0.2) is 0 Å². The summed E-state index contributed by atoms with van der Waals surface area (Å²) in [6.07, 6.45) is 0.0556. The minimum atomic E-state index is 0.0556. The highest BCUT2D eigenvalue weighted by molar-refractivity contribution is 4.53. The van der Waals surface area contributed by atoms with E-state index < -0.39 is 0 Å². The van der Waals surface area contributed by atoms with E-state index in [1.165, 1.54) is 0 Å². The zero-order chi connectivity index (χ0) is 5.11. The Balaban J connectivity index is 2.14. The van der Waals surface area contributed by atoms with Gasteiger partial charge in [-0.1, -0.05) is 0 Å². The van der Waals surface area contributed by atoms with Gasteiger partial charge in [-0.2, -0.15) is 0 Å². The maximum absolute atomic E-state index is 8.39. The Hall–Kier alpha value is -0.120. The van der Waals surface area contributed by atoms with Gasteiger partial charge in [0.05, 0.1) is 0 Å². The van der Waals surface area contributed by atoms with Crippen LogP contribution < -0.4 is 0 Å². The zero-order valence-electron chi connectivity index (χ0n) is 4.00. The monoisotopic (exact) mass is 105 g/mol. The lowest BCUT2D eigenvalue weighted by Crippen LogP contribution is -2.17. The van der Waals surface area contributed by atoms with Crippen LogP contribution >= 0.6 is 0 Å². The first-order chi connectivity index (χ1) is 3.43. The van der Waals surface area contributed by atoms with Crippen molar-refractivity contribution in [2.75, 3.05) is 20.0 Å². The van der Waals surface area contributed by atoms with E-state index in [2.05, 4.69) is 4.74 Å². The molecule has 1 unspecified atom stereocenters. The summed E-state index contributed by atoms with van der Waals surface area (Å²) in [5.41, 5.74) is 0. The van der Waals surface area contributed by atoms with Crippen LogP contribution in [0.1, 0.15) is 0 Å². The van der Waals surface area contributed by atoms with Gasteiger partial charge in [-0.3, -0.25) is 0 Å². The van der Waals surface area contributed by atoms with E-state index in [0.29, 0.717) is 13.4 Å². The zero-order valence-corrected chi connectivity index (χ0v) is 4.00. The second kappa shape index (κ2) is 2.26. The first kappa shape index (κ1) is 5.03. The molecule has 1 saturated heterocycles. The number of hydrogen-bond donors (Lipinski definition) is 1. The highest BCUT2D eigenvalue weighted by atomic mass is 16.7. The molecule has 1 fully saturated rings. The van der Waals surface area contributed by atoms with Crippen LogP contribution in [0.25, 0.3) is 0 Å². The van der Waals surface area contributed by atoms with Crippen LogP contribution in [0.15, 0.2) is 0 Å². The van der Waals surface area contributed by atoms with E-state index in [1.807, 2.05) is 0 Å². The average molecular weight is 105 g/mol. The lowest BCUT2D eigenvalue weighted by molar-refractivity contribution is -0.108. The molecule has 1 heterocycles. The van der Waals surface area contributed by atoms with Crippen LogP contribution in [0.3, 0.4) is 0 Å². The number of hydrogen-bond acceptors (Lipinski definition) is 2. The summed E-state index contributed by atoms with van der Waals surface area (Å²) in [4.78, 5) is 0. The predicted molar refractivity (Wildman–Crippen MR) is 23.9 cm³/mol. The van der Waals surface area contributed by atoms with Gasteiger partial charge in [0, 0.05) is 0 Å². The maximum atomic E-state index is 8.39. The molecule has 1 aliphatic heterocycles. The highest BCUT2D eigenvalue weighted by Crippen LogP contribution is 1.95. The molecule has 0 saturated carbocycles. The fourth-order valence-electron chi connectivity index (χ4n) is 0.510. The third-order valence-electron chi connectivity index (χ3n) is 0.945. The van der Waals surface area contributed by atoms with Crippen LogP contribution in [0, 0.1) is 0 Å². The van der Waals surface area contributed by atoms with Gasteiger partial charge >= 0.3 is 0 Å². The van der Waals surface area contributed by atoms with Crippen molar-refractivity contribution in [1.29, 1.82) is 0 Å². The van der Waals surface area contributed by atoms with Crippen LogP contribution in [0.2, 0.25) is 0 Å². The average Bonchev–Trinajstić information content (AvgIpc) is 2.14. The predicted octanol–water partition coefficient (Wildman–Crippen LogP) is -1.14. The van der Waals surface area contributed by atoms with E-state index in [1.54, 1.807) is 0 Å². The lowest BCUT2D eigenvalue weighted by Gasteiger charge is -1.93. The Morgan fingerprint density at radius 2 is 2.71 bits per heavy atom. The van der Waals surface area contributed by atoms with Crippen LogP contribution in [0.4, 0.5) is 0 Å². The number of aliphatic hydroxyl groups excluding tert-OH is 1. The molecule has 42 valence electrons. The molecule has 7 heavy (non-hydrogen) atoms. The summed E-state index contributed by atoms with van der Waals surface area (Å²) in [5, 5.41) is 8.39. The van der Waals surface area contributed by atoms with Crippen molar-refractivity contribution in [2.45, 2.75) is 6.10 Å². The quantitative estimate of drug-likeness (QED) is 0.428. The number of aliphatic hydroxyl groups is 3. The Kier molecular flexibility index (Phi) is 1.62. The van der Waals surface area contributed by atoms with Crippen molar-refractivity contribution in [3.05, 3.63) is 0 Å². The van der Waals surface area contributed by atoms with E-state index in [-0.39, 0.29) is 12.7 Å². The molecule has 1 aliphatic rings. The summed E-state index contributed by atoms with van der Waals surface area (Å²) in [5.74, 6) is 0. The topological polar surface area (TPSA) is 42.3 Å². The van der Waals surface area contributed by atoms with Crippen molar-refractivity contribution in [3.63, 3.8) is 0 Å². The standard InChI is InChI=1S/C4H8O3/c5-1-4-2-6-3-7-4/h4-5H,1-3H2/p+1. The van der Waals surface area contributed by atoms with Gasteiger partial charge in [0.2, 0.25) is 6.10 Å². The molecule has 0 aromatic carbocycles. The lowest BCUT2D eigenvalue weighted by atomic mass is 10.4. The molecule has 3 nitrogen and oxygen atoms in total. The number of rotatable bonds is 1. The number of ether oxygens (including phenoxy) is 2. The molecular weight excluding hydrogens is 96.0 g/mol. The molecule has 1 rings (SSSR count). The maximum Gasteiger partial charge on any atom is 0.255 e. The summed E-state index contributed by atoms with van der Waals surface area (Å²) in [7, 11) is 0. The van der Waals surface area contributed by atoms with Crippen molar-refractivity contribution in [2.24, 2.45) is 0 Å². The third-order valence-corrected chi connectivity index (χ3v) is 0.945. The summed E-state index contributed by atoms with van der Waals surface area (Å²) in [6.45, 7) is 1.18. The Labute approximate surface area is 41.8 Å². The van der Waals surface area contributed by atoms with Crippen LogP contribution in [-0.2, 0) is 4.74 Å². The minimum absolute atomic E-state index is 0.0556. The molecule has 3 heteroatoms. The van der Waals surface area contributed by atoms with Crippen LogP contribution in [-0.4, -0.2) is 36.0 Å². The van der Waals surface area contributed by atoms with E-state index in [9.17, 15) is 0 Å². The van der Waals surface area contributed by atoms with Gasteiger partial charge in [0.25, 0.3) is 6.79 Å². The molecule has 0 aromatic rings. The molecule has 2 N–H and O–H groups in total. The molecule has 0 bridgehead atoms. The van der Waals surface area contributed by atoms with E-state index in [4.69, 9.17) is 9.84 Å². The van der Waals surface area contributed by atoms with Gasteiger partial charge in [0.1, 0.15) is 13.2 Å². The van der Waals surface area contributed by atoms with Crippen LogP contribution in [0.5, 0.6) is 0 Å². The summed E-state index contributed by atoms with van der Waals surface area (Å²) < 4.78 is 8.70.